The first kappa shape index (κ1) is 23.4. The predicted octanol–water partition coefficient (Wildman–Crippen LogP) is 3.56. The van der Waals surface area contributed by atoms with Crippen LogP contribution < -0.4 is 10.1 Å². The van der Waals surface area contributed by atoms with Gasteiger partial charge < -0.3 is 19.7 Å². The molecule has 0 atom stereocenters. The molecule has 0 fully saturated rings. The molecule has 1 heterocycles. The standard InChI is InChI=1S/C18H23ClF4N4O2/c1-24-4-5-27(2)10-11-9-25-26-17(11)12-8-13(29-7-6-28-3)15(19)14(16(12)20)18(21,22)23/h8-9,24H,4-7,10H2,1-3H3,(H,25,26). The third-order valence-corrected chi connectivity index (χ3v) is 4.53. The number of nitrogens with one attached hydrogen (secondary N) is 2. The number of alkyl halides is 3. The van der Waals surface area contributed by atoms with E-state index in [0.29, 0.717) is 25.2 Å². The molecule has 11 heteroatoms. The Labute approximate surface area is 171 Å². The second kappa shape index (κ2) is 10.2. The summed E-state index contributed by atoms with van der Waals surface area (Å²) < 4.78 is 65.6. The molecule has 2 rings (SSSR count). The molecule has 0 aliphatic rings. The summed E-state index contributed by atoms with van der Waals surface area (Å²) in [7, 11) is 5.07. The maximum atomic E-state index is 14.9. The zero-order valence-electron chi connectivity index (χ0n) is 16.3. The fraction of sp³-hybridized carbons (Fsp3) is 0.500. The number of methoxy groups -OCH3 is 1. The minimum absolute atomic E-state index is 0.0429. The van der Waals surface area contributed by atoms with E-state index in [1.807, 2.05) is 19.0 Å². The Kier molecular flexibility index (Phi) is 8.26. The molecule has 2 aromatic rings. The van der Waals surface area contributed by atoms with Crippen LogP contribution in [0.2, 0.25) is 5.02 Å². The van der Waals surface area contributed by atoms with Crippen molar-refractivity contribution in [2.75, 3.05) is 47.5 Å². The molecule has 1 aromatic heterocycles. The van der Waals surface area contributed by atoms with Gasteiger partial charge in [-0.2, -0.15) is 18.3 Å². The molecule has 162 valence electrons. The Bertz CT molecular complexity index is 814. The largest absolute Gasteiger partial charge is 0.490 e. The van der Waals surface area contributed by atoms with Gasteiger partial charge >= 0.3 is 6.18 Å². The zero-order valence-corrected chi connectivity index (χ0v) is 17.0. The normalized spacial score (nSPS) is 12.0. The number of rotatable bonds is 10. The Morgan fingerprint density at radius 2 is 2.03 bits per heavy atom. The van der Waals surface area contributed by atoms with Crippen molar-refractivity contribution in [3.63, 3.8) is 0 Å². The number of ether oxygens (including phenoxy) is 2. The number of hydrogen-bond donors (Lipinski definition) is 2. The maximum Gasteiger partial charge on any atom is 0.420 e. The van der Waals surface area contributed by atoms with Crippen LogP contribution in [0.15, 0.2) is 12.3 Å². The molecule has 0 unspecified atom stereocenters. The molecule has 0 saturated heterocycles. The van der Waals surface area contributed by atoms with Crippen LogP contribution in [-0.2, 0) is 17.5 Å². The van der Waals surface area contributed by atoms with E-state index in [-0.39, 0.29) is 30.2 Å². The molecule has 0 radical (unpaired) electrons. The summed E-state index contributed by atoms with van der Waals surface area (Å²) in [5, 5.41) is 8.74. The molecule has 0 saturated carbocycles. The van der Waals surface area contributed by atoms with Crippen LogP contribution in [0.1, 0.15) is 11.1 Å². The van der Waals surface area contributed by atoms with Gasteiger partial charge in [0.05, 0.1) is 17.3 Å². The molecule has 2 N–H and O–H groups in total. The van der Waals surface area contributed by atoms with E-state index < -0.39 is 22.6 Å². The fourth-order valence-electron chi connectivity index (χ4n) is 2.71. The smallest absolute Gasteiger partial charge is 0.420 e. The Hall–Kier alpha value is -1.88. The topological polar surface area (TPSA) is 62.4 Å². The predicted molar refractivity (Wildman–Crippen MR) is 102 cm³/mol. The van der Waals surface area contributed by atoms with Crippen molar-refractivity contribution in [2.45, 2.75) is 12.7 Å². The van der Waals surface area contributed by atoms with Crippen LogP contribution in [0, 0.1) is 5.82 Å². The van der Waals surface area contributed by atoms with E-state index in [4.69, 9.17) is 21.1 Å². The van der Waals surface area contributed by atoms with Crippen LogP contribution in [0.5, 0.6) is 5.75 Å². The monoisotopic (exact) mass is 438 g/mol. The third-order valence-electron chi connectivity index (χ3n) is 4.15. The summed E-state index contributed by atoms with van der Waals surface area (Å²) in [4.78, 5) is 1.93. The number of aromatic amines is 1. The second-order valence-corrected chi connectivity index (χ2v) is 6.74. The summed E-state index contributed by atoms with van der Waals surface area (Å²) in [6, 6.07) is 1.13. The minimum Gasteiger partial charge on any atom is -0.490 e. The van der Waals surface area contributed by atoms with Gasteiger partial charge in [0.2, 0.25) is 0 Å². The van der Waals surface area contributed by atoms with Gasteiger partial charge in [0.15, 0.2) is 0 Å². The number of aromatic nitrogens is 2. The average Bonchev–Trinajstić information content (AvgIpc) is 3.08. The Morgan fingerprint density at radius 3 is 2.66 bits per heavy atom. The zero-order chi connectivity index (χ0) is 21.6. The van der Waals surface area contributed by atoms with Crippen molar-refractivity contribution in [1.82, 2.24) is 20.4 Å². The molecule has 29 heavy (non-hydrogen) atoms. The van der Waals surface area contributed by atoms with Crippen LogP contribution in [-0.4, -0.2) is 62.6 Å². The molecule has 1 aromatic carbocycles. The number of likely N-dealkylation sites (N-methyl/N-ethyl adjacent to an activating group) is 2. The molecule has 0 aliphatic carbocycles. The van der Waals surface area contributed by atoms with Gasteiger partial charge in [-0.25, -0.2) is 4.39 Å². The molecule has 6 nitrogen and oxygen atoms in total. The number of benzene rings is 1. The lowest BCUT2D eigenvalue weighted by molar-refractivity contribution is -0.139. The van der Waals surface area contributed by atoms with Crippen molar-refractivity contribution in [3.8, 4) is 17.0 Å². The quantitative estimate of drug-likeness (QED) is 0.438. The van der Waals surface area contributed by atoms with Crippen LogP contribution in [0.3, 0.4) is 0 Å². The van der Waals surface area contributed by atoms with Gasteiger partial charge in [-0.15, -0.1) is 0 Å². The van der Waals surface area contributed by atoms with E-state index in [1.54, 1.807) is 0 Å². The third kappa shape index (κ3) is 5.81. The number of hydrogen-bond acceptors (Lipinski definition) is 5. The van der Waals surface area contributed by atoms with Gasteiger partial charge in [0, 0.05) is 44.1 Å². The van der Waals surface area contributed by atoms with Crippen molar-refractivity contribution in [3.05, 3.63) is 34.2 Å². The Morgan fingerprint density at radius 1 is 1.31 bits per heavy atom. The molecule has 0 amide bonds. The summed E-state index contributed by atoms with van der Waals surface area (Å²) in [6.07, 6.45) is -3.48. The number of nitrogens with zero attached hydrogens (tertiary/aromatic N) is 2. The van der Waals surface area contributed by atoms with Gasteiger partial charge in [-0.05, 0) is 20.2 Å². The highest BCUT2D eigenvalue weighted by molar-refractivity contribution is 6.33. The first-order valence-electron chi connectivity index (χ1n) is 8.77. The molecule has 0 aliphatic heterocycles. The van der Waals surface area contributed by atoms with E-state index in [2.05, 4.69) is 15.5 Å². The summed E-state index contributed by atoms with van der Waals surface area (Å²) >= 11 is 5.82. The lowest BCUT2D eigenvalue weighted by atomic mass is 10.0. The molecule has 0 spiro atoms. The van der Waals surface area contributed by atoms with Gasteiger partial charge in [-0.1, -0.05) is 11.6 Å². The highest BCUT2D eigenvalue weighted by Crippen LogP contribution is 2.45. The number of halogens is 5. The van der Waals surface area contributed by atoms with Crippen molar-refractivity contribution in [1.29, 1.82) is 0 Å². The SMILES string of the molecule is CNCCN(C)Cc1c[nH]nc1-c1cc(OCCOC)c(Cl)c(C(F)(F)F)c1F. The highest BCUT2D eigenvalue weighted by Gasteiger charge is 2.40. The highest BCUT2D eigenvalue weighted by atomic mass is 35.5. The van der Waals surface area contributed by atoms with E-state index >= 15 is 0 Å². The average molecular weight is 439 g/mol. The maximum absolute atomic E-state index is 14.9. The second-order valence-electron chi connectivity index (χ2n) is 6.36. The van der Waals surface area contributed by atoms with E-state index in [1.165, 1.54) is 13.3 Å². The van der Waals surface area contributed by atoms with Gasteiger partial charge in [0.1, 0.15) is 23.7 Å². The van der Waals surface area contributed by atoms with Gasteiger partial charge in [0.25, 0.3) is 0 Å². The summed E-state index contributed by atoms with van der Waals surface area (Å²) in [5.41, 5.74) is -1.31. The lowest BCUT2D eigenvalue weighted by Crippen LogP contribution is -2.27. The van der Waals surface area contributed by atoms with E-state index in [9.17, 15) is 17.6 Å². The van der Waals surface area contributed by atoms with Crippen LogP contribution in [0.4, 0.5) is 17.6 Å². The van der Waals surface area contributed by atoms with E-state index in [0.717, 1.165) is 6.07 Å². The van der Waals surface area contributed by atoms with Crippen LogP contribution in [0.25, 0.3) is 11.3 Å². The Balaban J connectivity index is 2.50. The van der Waals surface area contributed by atoms with Crippen LogP contribution >= 0.6 is 11.6 Å². The summed E-state index contributed by atoms with van der Waals surface area (Å²) in [5.74, 6) is -1.78. The summed E-state index contributed by atoms with van der Waals surface area (Å²) in [6.45, 7) is 1.85. The van der Waals surface area contributed by atoms with Crippen molar-refractivity contribution < 1.29 is 27.0 Å². The fourth-order valence-corrected chi connectivity index (χ4v) is 3.01. The number of H-pyrrole nitrogens is 1. The molecular weight excluding hydrogens is 416 g/mol. The first-order chi connectivity index (χ1) is 13.7. The lowest BCUT2D eigenvalue weighted by Gasteiger charge is -2.19. The minimum atomic E-state index is -5.00. The van der Waals surface area contributed by atoms with Crippen molar-refractivity contribution in [2.24, 2.45) is 0 Å². The molecule has 0 bridgehead atoms. The first-order valence-corrected chi connectivity index (χ1v) is 9.15. The molecular formula is C18H23ClF4N4O2. The van der Waals surface area contributed by atoms with Crippen molar-refractivity contribution >= 4 is 11.6 Å². The van der Waals surface area contributed by atoms with Gasteiger partial charge in [-0.3, -0.25) is 5.10 Å².